The van der Waals surface area contributed by atoms with Crippen molar-refractivity contribution in [2.45, 2.75) is 31.7 Å². The molecule has 1 N–H and O–H groups in total. The minimum absolute atomic E-state index is 0. The Balaban J connectivity index is 0.00000243. The third kappa shape index (κ3) is 6.10. The van der Waals surface area contributed by atoms with Gasteiger partial charge in [-0.15, -0.1) is 24.0 Å². The number of benzene rings is 1. The number of hydrogen-bond donors (Lipinski definition) is 1. The second kappa shape index (κ2) is 9.53. The van der Waals surface area contributed by atoms with Gasteiger partial charge in [-0.05, 0) is 49.3 Å². The number of likely N-dealkylation sites (N-methyl/N-ethyl adjacent to an activating group) is 1. The molecule has 1 unspecified atom stereocenters. The van der Waals surface area contributed by atoms with Crippen LogP contribution in [0, 0.1) is 11.7 Å². The van der Waals surface area contributed by atoms with E-state index in [0.717, 1.165) is 31.9 Å². The smallest absolute Gasteiger partial charge is 0.243 e. The molecule has 26 heavy (non-hydrogen) atoms. The van der Waals surface area contributed by atoms with Gasteiger partial charge in [0.2, 0.25) is 5.91 Å². The summed E-state index contributed by atoms with van der Waals surface area (Å²) in [5, 5.41) is 3.47. The van der Waals surface area contributed by atoms with Crippen LogP contribution in [0.2, 0.25) is 0 Å². The number of guanidine groups is 1. The third-order valence-electron chi connectivity index (χ3n) is 4.80. The fourth-order valence-corrected chi connectivity index (χ4v) is 3.08. The lowest BCUT2D eigenvalue weighted by Gasteiger charge is -2.22. The molecule has 0 aromatic heterocycles. The Morgan fingerprint density at radius 3 is 2.58 bits per heavy atom. The van der Waals surface area contributed by atoms with Gasteiger partial charge in [0.15, 0.2) is 5.96 Å². The number of nitrogens with zero attached hydrogens (tertiary/aromatic N) is 3. The fraction of sp³-hybridized carbons (Fsp3) is 0.579. The van der Waals surface area contributed by atoms with Gasteiger partial charge in [-0.1, -0.05) is 12.1 Å². The van der Waals surface area contributed by atoms with Gasteiger partial charge in [0, 0.05) is 33.2 Å². The van der Waals surface area contributed by atoms with Crippen LogP contribution in [0.1, 0.15) is 24.8 Å². The molecular weight excluding hydrogens is 446 g/mol. The van der Waals surface area contributed by atoms with E-state index in [1.165, 1.54) is 30.5 Å². The fourth-order valence-electron chi connectivity index (χ4n) is 3.08. The van der Waals surface area contributed by atoms with Crippen molar-refractivity contribution in [3.63, 3.8) is 0 Å². The van der Waals surface area contributed by atoms with Crippen molar-refractivity contribution >= 4 is 35.8 Å². The largest absolute Gasteiger partial charge is 0.353 e. The molecule has 0 spiro atoms. The predicted molar refractivity (Wildman–Crippen MR) is 112 cm³/mol. The number of rotatable bonds is 5. The molecule has 1 heterocycles. The molecule has 2 fully saturated rings. The van der Waals surface area contributed by atoms with Gasteiger partial charge in [-0.3, -0.25) is 4.79 Å². The molecule has 1 aromatic rings. The van der Waals surface area contributed by atoms with E-state index in [1.807, 2.05) is 12.1 Å². The van der Waals surface area contributed by atoms with Gasteiger partial charge in [-0.2, -0.15) is 0 Å². The van der Waals surface area contributed by atoms with Crippen molar-refractivity contribution in [2.24, 2.45) is 10.9 Å². The summed E-state index contributed by atoms with van der Waals surface area (Å²) in [6.07, 6.45) is 4.38. The van der Waals surface area contributed by atoms with Gasteiger partial charge in [-0.25, -0.2) is 9.38 Å². The average molecular weight is 474 g/mol. The van der Waals surface area contributed by atoms with Gasteiger partial charge in [0.25, 0.3) is 0 Å². The summed E-state index contributed by atoms with van der Waals surface area (Å²) in [7, 11) is 3.50. The molecule has 0 radical (unpaired) electrons. The molecule has 1 saturated carbocycles. The molecule has 7 heteroatoms. The standard InChI is InChI=1S/C19H27FN4O.HI/c1-23(2)18(25)12-21-19(22-17-7-8-17)24-10-9-15(13-24)11-14-3-5-16(20)6-4-14;/h3-6,15,17H,7-13H2,1-2H3,(H,21,22);1H. The summed E-state index contributed by atoms with van der Waals surface area (Å²) in [6.45, 7) is 2.05. The third-order valence-corrected chi connectivity index (χ3v) is 4.80. The molecule has 144 valence electrons. The van der Waals surface area contributed by atoms with Gasteiger partial charge >= 0.3 is 0 Å². The highest BCUT2D eigenvalue weighted by Gasteiger charge is 2.29. The molecule has 1 amide bonds. The Bertz CT molecular complexity index is 631. The number of amides is 1. The molecule has 1 aliphatic carbocycles. The predicted octanol–water partition coefficient (Wildman–Crippen LogP) is 2.50. The Labute approximate surface area is 172 Å². The maximum Gasteiger partial charge on any atom is 0.243 e. The van der Waals surface area contributed by atoms with Gasteiger partial charge < -0.3 is 15.1 Å². The van der Waals surface area contributed by atoms with Crippen molar-refractivity contribution in [3.05, 3.63) is 35.6 Å². The molecule has 1 saturated heterocycles. The van der Waals surface area contributed by atoms with Crippen LogP contribution in [0.5, 0.6) is 0 Å². The first-order valence-electron chi connectivity index (χ1n) is 9.02. The SMILES string of the molecule is CN(C)C(=O)CN=C(NC1CC1)N1CCC(Cc2ccc(F)cc2)C1.I. The topological polar surface area (TPSA) is 47.9 Å². The van der Waals surface area contributed by atoms with E-state index in [2.05, 4.69) is 15.2 Å². The minimum atomic E-state index is -0.189. The maximum absolute atomic E-state index is 13.0. The van der Waals surface area contributed by atoms with Crippen molar-refractivity contribution in [3.8, 4) is 0 Å². The van der Waals surface area contributed by atoms with E-state index in [9.17, 15) is 9.18 Å². The lowest BCUT2D eigenvalue weighted by Crippen LogP contribution is -2.42. The number of likely N-dealkylation sites (tertiary alicyclic amines) is 1. The number of nitrogens with one attached hydrogen (secondary N) is 1. The summed E-state index contributed by atoms with van der Waals surface area (Å²) in [5.74, 6) is 1.21. The van der Waals surface area contributed by atoms with Crippen LogP contribution in [-0.4, -0.2) is 61.4 Å². The molecule has 0 bridgehead atoms. The van der Waals surface area contributed by atoms with Crippen LogP contribution in [0.3, 0.4) is 0 Å². The number of aliphatic imine (C=N–C) groups is 1. The summed E-state index contributed by atoms with van der Waals surface area (Å²) >= 11 is 0. The van der Waals surface area contributed by atoms with Crippen LogP contribution in [0.15, 0.2) is 29.3 Å². The van der Waals surface area contributed by atoms with Crippen LogP contribution in [0.25, 0.3) is 0 Å². The van der Waals surface area contributed by atoms with Crippen molar-refractivity contribution < 1.29 is 9.18 Å². The van der Waals surface area contributed by atoms with E-state index < -0.39 is 0 Å². The lowest BCUT2D eigenvalue weighted by molar-refractivity contribution is -0.127. The van der Waals surface area contributed by atoms with Crippen LogP contribution in [0.4, 0.5) is 4.39 Å². The van der Waals surface area contributed by atoms with Crippen molar-refractivity contribution in [1.29, 1.82) is 0 Å². The number of hydrogen-bond acceptors (Lipinski definition) is 2. The zero-order valence-corrected chi connectivity index (χ0v) is 17.8. The summed E-state index contributed by atoms with van der Waals surface area (Å²) in [5.41, 5.74) is 1.17. The Kier molecular flexibility index (Phi) is 7.67. The van der Waals surface area contributed by atoms with Crippen molar-refractivity contribution in [2.75, 3.05) is 33.7 Å². The van der Waals surface area contributed by atoms with Crippen molar-refractivity contribution in [1.82, 2.24) is 15.1 Å². The van der Waals surface area contributed by atoms with E-state index in [0.29, 0.717) is 12.0 Å². The van der Waals surface area contributed by atoms with Gasteiger partial charge in [0.1, 0.15) is 12.4 Å². The summed E-state index contributed by atoms with van der Waals surface area (Å²) in [4.78, 5) is 20.2. The molecular formula is C19H28FIN4O. The zero-order valence-electron chi connectivity index (χ0n) is 15.4. The molecule has 1 atom stereocenters. The average Bonchev–Trinajstić information content (AvgIpc) is 3.29. The van der Waals surface area contributed by atoms with E-state index >= 15 is 0 Å². The van der Waals surface area contributed by atoms with Crippen LogP contribution in [-0.2, 0) is 11.2 Å². The normalized spacial score (nSPS) is 19.9. The first kappa shape index (κ1) is 20.9. The highest BCUT2D eigenvalue weighted by atomic mass is 127. The molecule has 1 aromatic carbocycles. The summed E-state index contributed by atoms with van der Waals surface area (Å²) < 4.78 is 13.0. The second-order valence-corrected chi connectivity index (χ2v) is 7.28. The van der Waals surface area contributed by atoms with Gasteiger partial charge in [0.05, 0.1) is 0 Å². The second-order valence-electron chi connectivity index (χ2n) is 7.28. The summed E-state index contributed by atoms with van der Waals surface area (Å²) in [6, 6.07) is 7.29. The monoisotopic (exact) mass is 474 g/mol. The highest BCUT2D eigenvalue weighted by Crippen LogP contribution is 2.23. The minimum Gasteiger partial charge on any atom is -0.353 e. The number of carbonyl (C=O) groups excluding carboxylic acids is 1. The Morgan fingerprint density at radius 2 is 1.96 bits per heavy atom. The first-order valence-corrected chi connectivity index (χ1v) is 9.02. The lowest BCUT2D eigenvalue weighted by atomic mass is 9.99. The van der Waals surface area contributed by atoms with Crippen LogP contribution >= 0.6 is 24.0 Å². The maximum atomic E-state index is 13.0. The Hall–Kier alpha value is -1.38. The molecule has 3 rings (SSSR count). The molecule has 1 aliphatic heterocycles. The Morgan fingerprint density at radius 1 is 1.27 bits per heavy atom. The molecule has 5 nitrogen and oxygen atoms in total. The first-order chi connectivity index (χ1) is 12.0. The zero-order chi connectivity index (χ0) is 17.8. The van der Waals surface area contributed by atoms with E-state index in [1.54, 1.807) is 19.0 Å². The molecule has 2 aliphatic rings. The van der Waals surface area contributed by atoms with Crippen LogP contribution < -0.4 is 5.32 Å². The number of carbonyl (C=O) groups is 1. The van der Waals surface area contributed by atoms with E-state index in [-0.39, 0.29) is 42.2 Å². The highest BCUT2D eigenvalue weighted by molar-refractivity contribution is 14.0. The quantitative estimate of drug-likeness (QED) is 0.406. The van der Waals surface area contributed by atoms with E-state index in [4.69, 9.17) is 0 Å². The number of halogens is 2.